The molecule has 2 unspecified atom stereocenters. The fourth-order valence-corrected chi connectivity index (χ4v) is 2.45. The lowest BCUT2D eigenvalue weighted by atomic mass is 9.82. The number of rotatable bonds is 7. The number of nitrogens with zero attached hydrogens (tertiary/aromatic N) is 2. The Kier molecular flexibility index (Phi) is 6.01. The first-order valence-corrected chi connectivity index (χ1v) is 7.22. The minimum absolute atomic E-state index is 0.116. The molecule has 110 valence electrons. The Balaban J connectivity index is 2.79. The Bertz CT molecular complexity index is 368. The third-order valence-electron chi connectivity index (χ3n) is 3.40. The van der Waals surface area contributed by atoms with Crippen molar-refractivity contribution in [1.29, 1.82) is 0 Å². The molecular weight excluding hydrogens is 238 g/mol. The molecule has 0 fully saturated rings. The Labute approximate surface area is 117 Å². The molecule has 0 saturated heterocycles. The first kappa shape index (κ1) is 16.2. The second-order valence-electron chi connectivity index (χ2n) is 6.05. The average molecular weight is 267 g/mol. The lowest BCUT2D eigenvalue weighted by Gasteiger charge is -2.36. The van der Waals surface area contributed by atoms with Crippen molar-refractivity contribution in [3.63, 3.8) is 0 Å². The highest BCUT2D eigenvalue weighted by Crippen LogP contribution is 2.26. The molecule has 0 saturated carbocycles. The predicted octanol–water partition coefficient (Wildman–Crippen LogP) is 2.48. The minimum atomic E-state index is 0.116. The number of hydrogen-bond donors (Lipinski definition) is 1. The van der Waals surface area contributed by atoms with Gasteiger partial charge in [-0.3, -0.25) is 4.68 Å². The van der Waals surface area contributed by atoms with Gasteiger partial charge in [-0.2, -0.15) is 5.10 Å². The Morgan fingerprint density at radius 3 is 2.47 bits per heavy atom. The molecule has 1 N–H and O–H groups in total. The van der Waals surface area contributed by atoms with E-state index in [1.807, 2.05) is 17.9 Å². The highest BCUT2D eigenvalue weighted by Gasteiger charge is 2.32. The molecule has 0 aromatic carbocycles. The Morgan fingerprint density at radius 2 is 2.05 bits per heavy atom. The highest BCUT2D eigenvalue weighted by atomic mass is 16.5. The zero-order valence-electron chi connectivity index (χ0n) is 13.2. The topological polar surface area (TPSA) is 39.1 Å². The molecule has 0 aliphatic carbocycles. The first-order valence-electron chi connectivity index (χ1n) is 7.22. The lowest BCUT2D eigenvalue weighted by Crippen LogP contribution is -2.48. The zero-order valence-corrected chi connectivity index (χ0v) is 13.2. The summed E-state index contributed by atoms with van der Waals surface area (Å²) in [5.74, 6) is 0. The van der Waals surface area contributed by atoms with Crippen LogP contribution in [-0.2, 0) is 17.7 Å². The van der Waals surface area contributed by atoms with Crippen molar-refractivity contribution >= 4 is 0 Å². The summed E-state index contributed by atoms with van der Waals surface area (Å²) in [5.41, 5.74) is 1.37. The standard InChI is InChI=1S/C15H29N3O/c1-7-18-11-12(10-17-18)9-13(16-6)14(19-8-2)15(3,4)5/h10-11,13-14,16H,7-9H2,1-6H3. The highest BCUT2D eigenvalue weighted by molar-refractivity contribution is 5.08. The summed E-state index contributed by atoms with van der Waals surface area (Å²) in [6.45, 7) is 12.5. The summed E-state index contributed by atoms with van der Waals surface area (Å²) in [5, 5.41) is 7.74. The molecule has 0 aliphatic heterocycles. The van der Waals surface area contributed by atoms with E-state index in [2.05, 4.69) is 51.2 Å². The van der Waals surface area contributed by atoms with Crippen LogP contribution in [0.1, 0.15) is 40.2 Å². The van der Waals surface area contributed by atoms with Crippen LogP contribution in [0.4, 0.5) is 0 Å². The van der Waals surface area contributed by atoms with Crippen LogP contribution < -0.4 is 5.32 Å². The van der Waals surface area contributed by atoms with E-state index in [0.29, 0.717) is 6.04 Å². The van der Waals surface area contributed by atoms with E-state index in [1.165, 1.54) is 5.56 Å². The van der Waals surface area contributed by atoms with Crippen LogP contribution in [0.3, 0.4) is 0 Å². The molecular formula is C15H29N3O. The predicted molar refractivity (Wildman–Crippen MR) is 79.3 cm³/mol. The van der Waals surface area contributed by atoms with E-state index < -0.39 is 0 Å². The zero-order chi connectivity index (χ0) is 14.5. The molecule has 1 aromatic heterocycles. The van der Waals surface area contributed by atoms with Crippen molar-refractivity contribution in [3.05, 3.63) is 18.0 Å². The number of aromatic nitrogens is 2. The van der Waals surface area contributed by atoms with Gasteiger partial charge in [0.05, 0.1) is 12.3 Å². The van der Waals surface area contributed by atoms with Gasteiger partial charge in [0.25, 0.3) is 0 Å². The first-order chi connectivity index (χ1) is 8.92. The van der Waals surface area contributed by atoms with Crippen LogP contribution in [0.2, 0.25) is 0 Å². The van der Waals surface area contributed by atoms with Crippen molar-refractivity contribution < 1.29 is 4.74 Å². The van der Waals surface area contributed by atoms with Crippen molar-refractivity contribution in [2.75, 3.05) is 13.7 Å². The lowest BCUT2D eigenvalue weighted by molar-refractivity contribution is -0.0340. The maximum absolute atomic E-state index is 5.98. The number of nitrogens with one attached hydrogen (secondary N) is 1. The molecule has 4 nitrogen and oxygen atoms in total. The van der Waals surface area contributed by atoms with Crippen molar-refractivity contribution in [1.82, 2.24) is 15.1 Å². The van der Waals surface area contributed by atoms with Gasteiger partial charge in [0.1, 0.15) is 0 Å². The maximum Gasteiger partial charge on any atom is 0.0779 e. The smallest absolute Gasteiger partial charge is 0.0779 e. The van der Waals surface area contributed by atoms with Crippen LogP contribution in [0.5, 0.6) is 0 Å². The molecule has 4 heteroatoms. The van der Waals surface area contributed by atoms with Gasteiger partial charge >= 0.3 is 0 Å². The molecule has 1 rings (SSSR count). The van der Waals surface area contributed by atoms with Crippen LogP contribution in [-0.4, -0.2) is 35.6 Å². The molecule has 0 bridgehead atoms. The molecule has 2 atom stereocenters. The molecule has 0 spiro atoms. The van der Waals surface area contributed by atoms with Gasteiger partial charge in [-0.25, -0.2) is 0 Å². The summed E-state index contributed by atoms with van der Waals surface area (Å²) < 4.78 is 7.94. The van der Waals surface area contributed by atoms with E-state index in [9.17, 15) is 0 Å². The quantitative estimate of drug-likeness (QED) is 0.825. The van der Waals surface area contributed by atoms with Crippen LogP contribution in [0, 0.1) is 5.41 Å². The van der Waals surface area contributed by atoms with Crippen LogP contribution in [0.15, 0.2) is 12.4 Å². The summed E-state index contributed by atoms with van der Waals surface area (Å²) in [4.78, 5) is 0. The second-order valence-corrected chi connectivity index (χ2v) is 6.05. The second kappa shape index (κ2) is 7.06. The normalized spacial score (nSPS) is 15.5. The van der Waals surface area contributed by atoms with Gasteiger partial charge in [-0.05, 0) is 38.3 Å². The summed E-state index contributed by atoms with van der Waals surface area (Å²) in [7, 11) is 2.01. The number of aryl methyl sites for hydroxylation is 1. The fraction of sp³-hybridized carbons (Fsp3) is 0.800. The molecule has 1 aromatic rings. The third-order valence-corrected chi connectivity index (χ3v) is 3.40. The van der Waals surface area contributed by atoms with Gasteiger partial charge < -0.3 is 10.1 Å². The van der Waals surface area contributed by atoms with E-state index in [0.717, 1.165) is 19.6 Å². The molecule has 1 heterocycles. The molecule has 0 amide bonds. The summed E-state index contributed by atoms with van der Waals surface area (Å²) in [6, 6.07) is 0.300. The van der Waals surface area contributed by atoms with Crippen molar-refractivity contribution in [2.45, 2.75) is 59.7 Å². The Morgan fingerprint density at radius 1 is 1.37 bits per heavy atom. The van der Waals surface area contributed by atoms with Crippen LogP contribution >= 0.6 is 0 Å². The molecule has 0 radical (unpaired) electrons. The van der Waals surface area contributed by atoms with Crippen molar-refractivity contribution in [3.8, 4) is 0 Å². The fourth-order valence-electron chi connectivity index (χ4n) is 2.45. The summed E-state index contributed by atoms with van der Waals surface area (Å²) >= 11 is 0. The van der Waals surface area contributed by atoms with Gasteiger partial charge in [0.2, 0.25) is 0 Å². The SMILES string of the molecule is CCOC(C(Cc1cnn(CC)c1)NC)C(C)(C)C. The number of ether oxygens (including phenoxy) is 1. The average Bonchev–Trinajstić information content (AvgIpc) is 2.80. The monoisotopic (exact) mass is 267 g/mol. The minimum Gasteiger partial charge on any atom is -0.376 e. The molecule has 19 heavy (non-hydrogen) atoms. The van der Waals surface area contributed by atoms with Gasteiger partial charge in [-0.1, -0.05) is 20.8 Å². The van der Waals surface area contributed by atoms with E-state index in [4.69, 9.17) is 4.74 Å². The van der Waals surface area contributed by atoms with Gasteiger partial charge in [0.15, 0.2) is 0 Å². The maximum atomic E-state index is 5.98. The van der Waals surface area contributed by atoms with Gasteiger partial charge in [-0.15, -0.1) is 0 Å². The number of likely N-dealkylation sites (N-methyl/N-ethyl adjacent to an activating group) is 1. The number of hydrogen-bond acceptors (Lipinski definition) is 3. The summed E-state index contributed by atoms with van der Waals surface area (Å²) in [6.07, 6.45) is 5.21. The van der Waals surface area contributed by atoms with E-state index >= 15 is 0 Å². The van der Waals surface area contributed by atoms with Crippen LogP contribution in [0.25, 0.3) is 0 Å². The Hall–Kier alpha value is -0.870. The van der Waals surface area contributed by atoms with E-state index in [1.54, 1.807) is 0 Å². The third kappa shape index (κ3) is 4.62. The molecule has 0 aliphatic rings. The van der Waals surface area contributed by atoms with E-state index in [-0.39, 0.29) is 11.5 Å². The van der Waals surface area contributed by atoms with Crippen molar-refractivity contribution in [2.24, 2.45) is 5.41 Å². The van der Waals surface area contributed by atoms with Gasteiger partial charge in [0, 0.05) is 25.4 Å². The largest absolute Gasteiger partial charge is 0.376 e.